The van der Waals surface area contributed by atoms with Gasteiger partial charge in [-0.2, -0.15) is 0 Å². The lowest BCUT2D eigenvalue weighted by atomic mass is 10.1. The first-order chi connectivity index (χ1) is 8.66. The van der Waals surface area contributed by atoms with Crippen molar-refractivity contribution >= 4 is 11.6 Å². The van der Waals surface area contributed by atoms with Crippen LogP contribution in [0.25, 0.3) is 0 Å². The molecule has 1 aliphatic carbocycles. The molecule has 0 aromatic heterocycles. The number of benzene rings is 1. The normalized spacial score (nSPS) is 19.3. The Balaban J connectivity index is 2.04. The van der Waals surface area contributed by atoms with Crippen molar-refractivity contribution in [2.45, 2.75) is 57.7 Å². The van der Waals surface area contributed by atoms with Crippen LogP contribution in [0.4, 0.5) is 0 Å². The van der Waals surface area contributed by atoms with E-state index in [9.17, 15) is 5.11 Å². The first kappa shape index (κ1) is 13.7. The predicted octanol–water partition coefficient (Wildman–Crippen LogP) is 4.49. The summed E-state index contributed by atoms with van der Waals surface area (Å²) in [5.74, 6) is 0.743. The molecule has 0 saturated heterocycles. The fraction of sp³-hybridized carbons (Fsp3) is 0.600. The van der Waals surface area contributed by atoms with Gasteiger partial charge < -0.3 is 9.84 Å². The van der Waals surface area contributed by atoms with Crippen LogP contribution in [-0.4, -0.2) is 11.2 Å². The van der Waals surface area contributed by atoms with Crippen LogP contribution < -0.4 is 4.74 Å². The van der Waals surface area contributed by atoms with E-state index < -0.39 is 6.10 Å². The van der Waals surface area contributed by atoms with E-state index in [-0.39, 0.29) is 0 Å². The molecular weight excluding hydrogens is 248 g/mol. The third-order valence-corrected chi connectivity index (χ3v) is 3.83. The predicted molar refractivity (Wildman–Crippen MR) is 74.2 cm³/mol. The van der Waals surface area contributed by atoms with Gasteiger partial charge in [-0.15, -0.1) is 0 Å². The second-order valence-electron chi connectivity index (χ2n) is 5.10. The highest BCUT2D eigenvalue weighted by Gasteiger charge is 2.15. The van der Waals surface area contributed by atoms with Crippen molar-refractivity contribution in [1.82, 2.24) is 0 Å². The van der Waals surface area contributed by atoms with Crippen LogP contribution >= 0.6 is 11.6 Å². The maximum atomic E-state index is 9.50. The lowest BCUT2D eigenvalue weighted by Crippen LogP contribution is -2.15. The van der Waals surface area contributed by atoms with E-state index in [4.69, 9.17) is 16.3 Å². The van der Waals surface area contributed by atoms with Gasteiger partial charge in [-0.25, -0.2) is 0 Å². The molecule has 3 heteroatoms. The molecule has 100 valence electrons. The van der Waals surface area contributed by atoms with Gasteiger partial charge in [0, 0.05) is 0 Å². The molecule has 0 unspecified atom stereocenters. The van der Waals surface area contributed by atoms with Crippen molar-refractivity contribution in [2.24, 2.45) is 0 Å². The van der Waals surface area contributed by atoms with Gasteiger partial charge in [0.05, 0.1) is 17.2 Å². The zero-order valence-corrected chi connectivity index (χ0v) is 11.6. The van der Waals surface area contributed by atoms with Gasteiger partial charge in [0.15, 0.2) is 0 Å². The number of rotatable bonds is 3. The zero-order valence-electron chi connectivity index (χ0n) is 10.9. The minimum Gasteiger partial charge on any atom is -0.489 e. The molecule has 1 fully saturated rings. The highest BCUT2D eigenvalue weighted by Crippen LogP contribution is 2.31. The van der Waals surface area contributed by atoms with Crippen LogP contribution in [0.2, 0.25) is 5.02 Å². The average Bonchev–Trinajstić information content (AvgIpc) is 2.60. The number of aliphatic hydroxyl groups excluding tert-OH is 1. The van der Waals surface area contributed by atoms with Gasteiger partial charge in [0.1, 0.15) is 5.75 Å². The SMILES string of the molecule is C[C@@H](O)c1ccc(OC2CCCCCC2)c(Cl)c1. The van der Waals surface area contributed by atoms with Crippen LogP contribution in [0.5, 0.6) is 5.75 Å². The van der Waals surface area contributed by atoms with Gasteiger partial charge in [-0.3, -0.25) is 0 Å². The molecule has 1 aromatic rings. The highest BCUT2D eigenvalue weighted by atomic mass is 35.5. The van der Waals surface area contributed by atoms with Crippen LogP contribution in [-0.2, 0) is 0 Å². The minimum absolute atomic E-state index is 0.294. The maximum Gasteiger partial charge on any atom is 0.138 e. The fourth-order valence-corrected chi connectivity index (χ4v) is 2.65. The largest absolute Gasteiger partial charge is 0.489 e. The molecule has 2 rings (SSSR count). The van der Waals surface area contributed by atoms with Crippen LogP contribution in [0.15, 0.2) is 18.2 Å². The van der Waals surface area contributed by atoms with Crippen molar-refractivity contribution in [3.63, 3.8) is 0 Å². The van der Waals surface area contributed by atoms with Gasteiger partial charge in [-0.05, 0) is 50.3 Å². The van der Waals surface area contributed by atoms with E-state index in [1.165, 1.54) is 25.7 Å². The fourth-order valence-electron chi connectivity index (χ4n) is 2.41. The molecule has 0 amide bonds. The molecule has 0 bridgehead atoms. The standard InChI is InChI=1S/C15H21ClO2/c1-11(17)12-8-9-15(14(16)10-12)18-13-6-4-2-3-5-7-13/h8-11,13,17H,2-7H2,1H3/t11-/m1/s1. The van der Waals surface area contributed by atoms with Crippen LogP contribution in [0.3, 0.4) is 0 Å². The lowest BCUT2D eigenvalue weighted by molar-refractivity contribution is 0.183. The number of hydrogen-bond acceptors (Lipinski definition) is 2. The van der Waals surface area contributed by atoms with E-state index in [1.54, 1.807) is 13.0 Å². The topological polar surface area (TPSA) is 29.5 Å². The summed E-state index contributed by atoms with van der Waals surface area (Å²) in [5, 5.41) is 10.1. The monoisotopic (exact) mass is 268 g/mol. The molecule has 1 atom stereocenters. The van der Waals surface area contributed by atoms with Crippen molar-refractivity contribution in [1.29, 1.82) is 0 Å². The molecule has 0 heterocycles. The summed E-state index contributed by atoms with van der Waals surface area (Å²) in [5.41, 5.74) is 0.827. The average molecular weight is 269 g/mol. The first-order valence-corrected chi connectivity index (χ1v) is 7.19. The summed E-state index contributed by atoms with van der Waals surface area (Å²) in [7, 11) is 0. The third kappa shape index (κ3) is 3.63. The van der Waals surface area contributed by atoms with E-state index in [2.05, 4.69) is 0 Å². The van der Waals surface area contributed by atoms with E-state index >= 15 is 0 Å². The molecule has 18 heavy (non-hydrogen) atoms. The maximum absolute atomic E-state index is 9.50. The Morgan fingerprint density at radius 3 is 2.44 bits per heavy atom. The smallest absolute Gasteiger partial charge is 0.138 e. The summed E-state index contributed by atoms with van der Waals surface area (Å²) in [6, 6.07) is 5.54. The Kier molecular flexibility index (Phi) is 4.90. The van der Waals surface area contributed by atoms with Crippen LogP contribution in [0, 0.1) is 0 Å². The number of aliphatic hydroxyl groups is 1. The van der Waals surface area contributed by atoms with Crippen molar-refractivity contribution < 1.29 is 9.84 Å². The Morgan fingerprint density at radius 2 is 1.89 bits per heavy atom. The summed E-state index contributed by atoms with van der Waals surface area (Å²) in [4.78, 5) is 0. The Morgan fingerprint density at radius 1 is 1.22 bits per heavy atom. The highest BCUT2D eigenvalue weighted by molar-refractivity contribution is 6.32. The summed E-state index contributed by atoms with van der Waals surface area (Å²) >= 11 is 6.20. The molecule has 1 saturated carbocycles. The minimum atomic E-state index is -0.491. The van der Waals surface area contributed by atoms with Crippen molar-refractivity contribution in [2.75, 3.05) is 0 Å². The Hall–Kier alpha value is -0.730. The molecule has 1 N–H and O–H groups in total. The molecular formula is C15H21ClO2. The van der Waals surface area contributed by atoms with Crippen LogP contribution in [0.1, 0.15) is 57.1 Å². The van der Waals surface area contributed by atoms with Gasteiger partial charge in [0.25, 0.3) is 0 Å². The van der Waals surface area contributed by atoms with E-state index in [0.717, 1.165) is 24.2 Å². The summed E-state index contributed by atoms with van der Waals surface area (Å²) in [6.45, 7) is 1.73. The molecule has 0 radical (unpaired) electrons. The Labute approximate surface area is 114 Å². The van der Waals surface area contributed by atoms with Gasteiger partial charge in [-0.1, -0.05) is 30.5 Å². The van der Waals surface area contributed by atoms with Gasteiger partial charge >= 0.3 is 0 Å². The molecule has 0 aliphatic heterocycles. The number of hydrogen-bond donors (Lipinski definition) is 1. The van der Waals surface area contributed by atoms with Crippen molar-refractivity contribution in [3.05, 3.63) is 28.8 Å². The second-order valence-corrected chi connectivity index (χ2v) is 5.50. The number of halogens is 1. The lowest BCUT2D eigenvalue weighted by Gasteiger charge is -2.18. The van der Waals surface area contributed by atoms with E-state index in [1.807, 2.05) is 12.1 Å². The van der Waals surface area contributed by atoms with Gasteiger partial charge in [0.2, 0.25) is 0 Å². The van der Waals surface area contributed by atoms with E-state index in [0.29, 0.717) is 11.1 Å². The Bertz CT molecular complexity index is 382. The third-order valence-electron chi connectivity index (χ3n) is 3.53. The van der Waals surface area contributed by atoms with Crippen molar-refractivity contribution in [3.8, 4) is 5.75 Å². The molecule has 1 aliphatic rings. The molecule has 2 nitrogen and oxygen atoms in total. The summed E-state index contributed by atoms with van der Waals surface area (Å²) < 4.78 is 5.99. The number of ether oxygens (including phenoxy) is 1. The second kappa shape index (κ2) is 6.44. The summed E-state index contributed by atoms with van der Waals surface area (Å²) in [6.07, 6.45) is 7.16. The quantitative estimate of drug-likeness (QED) is 0.818. The molecule has 0 spiro atoms. The zero-order chi connectivity index (χ0) is 13.0. The first-order valence-electron chi connectivity index (χ1n) is 6.81. The molecule has 1 aromatic carbocycles.